The summed E-state index contributed by atoms with van der Waals surface area (Å²) in [4.78, 5) is 32.5. The number of anilines is 2. The SMILES string of the molecule is Nc1ccc(CNC(=O)c2ccc(N3C=CCN(C(=O)c4ccccc4C(F)(F)F)C3)nc2)cc1. The van der Waals surface area contributed by atoms with Gasteiger partial charge in [0, 0.05) is 31.2 Å². The molecule has 7 nitrogen and oxygen atoms in total. The van der Waals surface area contributed by atoms with Gasteiger partial charge in [-0.1, -0.05) is 24.3 Å². The first-order valence-electron chi connectivity index (χ1n) is 10.7. The summed E-state index contributed by atoms with van der Waals surface area (Å²) in [5.74, 6) is -0.598. The monoisotopic (exact) mass is 481 g/mol. The van der Waals surface area contributed by atoms with Gasteiger partial charge in [0.1, 0.15) is 5.82 Å². The molecule has 0 aliphatic carbocycles. The normalized spacial score (nSPS) is 13.6. The fourth-order valence-corrected chi connectivity index (χ4v) is 3.58. The van der Waals surface area contributed by atoms with E-state index in [0.29, 0.717) is 23.6 Å². The molecule has 0 bridgehead atoms. The van der Waals surface area contributed by atoms with Crippen LogP contribution in [-0.2, 0) is 12.7 Å². The van der Waals surface area contributed by atoms with E-state index in [9.17, 15) is 22.8 Å². The second-order valence-electron chi connectivity index (χ2n) is 7.90. The van der Waals surface area contributed by atoms with Gasteiger partial charge in [-0.05, 0) is 48.0 Å². The Bertz CT molecular complexity index is 1240. The third-order valence-corrected chi connectivity index (χ3v) is 5.42. The molecule has 1 aliphatic heterocycles. The maximum absolute atomic E-state index is 13.3. The molecule has 2 aromatic carbocycles. The Morgan fingerprint density at radius 3 is 2.46 bits per heavy atom. The summed E-state index contributed by atoms with van der Waals surface area (Å²) in [5.41, 5.74) is 6.15. The highest BCUT2D eigenvalue weighted by atomic mass is 19.4. The number of amides is 2. The quantitative estimate of drug-likeness (QED) is 0.537. The molecule has 1 aromatic heterocycles. The predicted molar refractivity (Wildman–Crippen MR) is 125 cm³/mol. The molecule has 0 saturated heterocycles. The molecule has 0 saturated carbocycles. The van der Waals surface area contributed by atoms with E-state index in [0.717, 1.165) is 11.6 Å². The van der Waals surface area contributed by atoms with E-state index in [4.69, 9.17) is 5.73 Å². The number of hydrogen-bond donors (Lipinski definition) is 2. The minimum Gasteiger partial charge on any atom is -0.399 e. The number of halogens is 3. The Hall–Kier alpha value is -4.34. The summed E-state index contributed by atoms with van der Waals surface area (Å²) in [6.45, 7) is 0.497. The fraction of sp³-hybridized carbons (Fsp3) is 0.160. The molecule has 10 heteroatoms. The van der Waals surface area contributed by atoms with Gasteiger partial charge in [-0.3, -0.25) is 9.59 Å². The second kappa shape index (κ2) is 9.88. The van der Waals surface area contributed by atoms with Crippen LogP contribution in [0.2, 0.25) is 0 Å². The Balaban J connectivity index is 1.41. The van der Waals surface area contributed by atoms with Gasteiger partial charge in [0.25, 0.3) is 11.8 Å². The highest BCUT2D eigenvalue weighted by Gasteiger charge is 2.36. The second-order valence-corrected chi connectivity index (χ2v) is 7.90. The number of alkyl halides is 3. The van der Waals surface area contributed by atoms with Crippen LogP contribution in [0.5, 0.6) is 0 Å². The van der Waals surface area contributed by atoms with E-state index in [-0.39, 0.29) is 19.1 Å². The van der Waals surface area contributed by atoms with E-state index in [2.05, 4.69) is 10.3 Å². The summed E-state index contributed by atoms with van der Waals surface area (Å²) < 4.78 is 40.0. The molecule has 0 radical (unpaired) electrons. The third kappa shape index (κ3) is 5.60. The summed E-state index contributed by atoms with van der Waals surface area (Å²) in [5, 5.41) is 2.80. The van der Waals surface area contributed by atoms with Crippen LogP contribution in [0, 0.1) is 0 Å². The minimum absolute atomic E-state index is 0.0111. The number of benzene rings is 2. The molecular weight excluding hydrogens is 459 g/mol. The van der Waals surface area contributed by atoms with E-state index in [1.165, 1.54) is 29.3 Å². The van der Waals surface area contributed by atoms with Gasteiger partial charge in [0.15, 0.2) is 0 Å². The number of aromatic nitrogens is 1. The van der Waals surface area contributed by atoms with E-state index < -0.39 is 23.2 Å². The van der Waals surface area contributed by atoms with Crippen LogP contribution in [0.25, 0.3) is 0 Å². The summed E-state index contributed by atoms with van der Waals surface area (Å²) in [7, 11) is 0. The lowest BCUT2D eigenvalue weighted by atomic mass is 10.1. The van der Waals surface area contributed by atoms with Crippen molar-refractivity contribution < 1.29 is 22.8 Å². The topological polar surface area (TPSA) is 91.6 Å². The van der Waals surface area contributed by atoms with Crippen molar-refractivity contribution in [3.8, 4) is 0 Å². The number of nitrogens with two attached hydrogens (primary N) is 1. The first kappa shape index (κ1) is 23.8. The van der Waals surface area contributed by atoms with Crippen LogP contribution in [0.1, 0.15) is 31.8 Å². The first-order valence-corrected chi connectivity index (χ1v) is 10.7. The summed E-state index contributed by atoms with van der Waals surface area (Å²) in [6, 6.07) is 15.1. The number of nitrogen functional groups attached to an aromatic ring is 1. The van der Waals surface area contributed by atoms with Gasteiger partial charge >= 0.3 is 6.18 Å². The Labute approximate surface area is 199 Å². The highest BCUT2D eigenvalue weighted by Crippen LogP contribution is 2.32. The lowest BCUT2D eigenvalue weighted by Gasteiger charge is -2.32. The maximum atomic E-state index is 13.3. The lowest BCUT2D eigenvalue weighted by Crippen LogP contribution is -2.43. The molecular formula is C25H22F3N5O2. The van der Waals surface area contributed by atoms with E-state index in [1.807, 2.05) is 12.1 Å². The van der Waals surface area contributed by atoms with Gasteiger partial charge in [-0.2, -0.15) is 13.2 Å². The zero-order chi connectivity index (χ0) is 25.0. The molecule has 3 aromatic rings. The molecule has 2 amide bonds. The van der Waals surface area contributed by atoms with E-state index >= 15 is 0 Å². The zero-order valence-corrected chi connectivity index (χ0v) is 18.5. The van der Waals surface area contributed by atoms with Gasteiger partial charge in [-0.15, -0.1) is 0 Å². The summed E-state index contributed by atoms with van der Waals surface area (Å²) in [6.07, 6.45) is 0.125. The van der Waals surface area contributed by atoms with Crippen molar-refractivity contribution in [1.82, 2.24) is 15.2 Å². The zero-order valence-electron chi connectivity index (χ0n) is 18.5. The number of nitrogens with zero attached hydrogens (tertiary/aromatic N) is 3. The van der Waals surface area contributed by atoms with Gasteiger partial charge in [0.2, 0.25) is 0 Å². The number of hydrogen-bond acceptors (Lipinski definition) is 5. The molecule has 0 atom stereocenters. The van der Waals surface area contributed by atoms with E-state index in [1.54, 1.807) is 41.4 Å². The third-order valence-electron chi connectivity index (χ3n) is 5.42. The standard InChI is InChI=1S/C25H22F3N5O2/c26-25(27,28)21-5-2-1-4-20(21)24(35)33-13-3-12-32(16-33)22-11-8-18(15-30-22)23(34)31-14-17-6-9-19(29)10-7-17/h1-12,15H,13-14,16,29H2,(H,31,34). The van der Waals surface area contributed by atoms with Crippen molar-refractivity contribution in [2.75, 3.05) is 23.8 Å². The predicted octanol–water partition coefficient (Wildman–Crippen LogP) is 4.05. The van der Waals surface area contributed by atoms with Gasteiger partial charge < -0.3 is 20.9 Å². The van der Waals surface area contributed by atoms with Crippen molar-refractivity contribution in [1.29, 1.82) is 0 Å². The lowest BCUT2D eigenvalue weighted by molar-refractivity contribution is -0.138. The molecule has 0 unspecified atom stereocenters. The van der Waals surface area contributed by atoms with Crippen LogP contribution in [-0.4, -0.2) is 34.9 Å². The smallest absolute Gasteiger partial charge is 0.399 e. The number of carbonyl (C=O) groups excluding carboxylic acids is 2. The van der Waals surface area contributed by atoms with Crippen LogP contribution < -0.4 is 16.0 Å². The van der Waals surface area contributed by atoms with Crippen molar-refractivity contribution >= 4 is 23.3 Å². The first-order chi connectivity index (χ1) is 16.7. The Kier molecular flexibility index (Phi) is 6.72. The Morgan fingerprint density at radius 1 is 1.03 bits per heavy atom. The highest BCUT2D eigenvalue weighted by molar-refractivity contribution is 5.96. The molecule has 1 aliphatic rings. The van der Waals surface area contributed by atoms with Crippen LogP contribution in [0.15, 0.2) is 79.1 Å². The molecule has 0 fully saturated rings. The summed E-state index contributed by atoms with van der Waals surface area (Å²) >= 11 is 0. The number of rotatable bonds is 5. The molecule has 2 heterocycles. The molecule has 0 spiro atoms. The largest absolute Gasteiger partial charge is 0.417 e. The minimum atomic E-state index is -4.64. The van der Waals surface area contributed by atoms with Crippen molar-refractivity contribution in [2.45, 2.75) is 12.7 Å². The van der Waals surface area contributed by atoms with Crippen molar-refractivity contribution in [2.24, 2.45) is 0 Å². The maximum Gasteiger partial charge on any atom is 0.417 e. The Morgan fingerprint density at radius 2 is 1.77 bits per heavy atom. The van der Waals surface area contributed by atoms with Crippen molar-refractivity contribution in [3.63, 3.8) is 0 Å². The molecule has 3 N–H and O–H groups in total. The number of pyridine rings is 1. The van der Waals surface area contributed by atoms with Crippen LogP contribution >= 0.6 is 0 Å². The van der Waals surface area contributed by atoms with Gasteiger partial charge in [0.05, 0.1) is 23.4 Å². The molecule has 180 valence electrons. The van der Waals surface area contributed by atoms with Gasteiger partial charge in [-0.25, -0.2) is 4.98 Å². The number of nitrogens with one attached hydrogen (secondary N) is 1. The average Bonchev–Trinajstić information content (AvgIpc) is 2.87. The fourth-order valence-electron chi connectivity index (χ4n) is 3.58. The molecule has 35 heavy (non-hydrogen) atoms. The molecule has 4 rings (SSSR count). The average molecular weight is 481 g/mol. The van der Waals surface area contributed by atoms with Crippen LogP contribution in [0.3, 0.4) is 0 Å². The van der Waals surface area contributed by atoms with Crippen molar-refractivity contribution in [3.05, 3.63) is 101 Å². The van der Waals surface area contributed by atoms with Crippen LogP contribution in [0.4, 0.5) is 24.7 Å². The number of carbonyl (C=O) groups is 2.